The lowest BCUT2D eigenvalue weighted by molar-refractivity contribution is -0.130. The molecule has 1 N–H and O–H groups in total. The lowest BCUT2D eigenvalue weighted by Crippen LogP contribution is -2.49. The Morgan fingerprint density at radius 1 is 0.844 bits per heavy atom. The van der Waals surface area contributed by atoms with E-state index in [1.165, 1.54) is 24.3 Å². The Balaban J connectivity index is 1.31. The van der Waals surface area contributed by atoms with Crippen molar-refractivity contribution in [1.82, 2.24) is 4.90 Å². The highest BCUT2D eigenvalue weighted by Crippen LogP contribution is 2.19. The molecule has 1 aliphatic rings. The van der Waals surface area contributed by atoms with E-state index in [9.17, 15) is 17.6 Å². The molecular formula is C24H24FN3O3S. The fourth-order valence-corrected chi connectivity index (χ4v) is 4.74. The van der Waals surface area contributed by atoms with Crippen molar-refractivity contribution in [3.05, 3.63) is 90.2 Å². The highest BCUT2D eigenvalue weighted by atomic mass is 32.2. The van der Waals surface area contributed by atoms with Gasteiger partial charge >= 0.3 is 0 Å². The van der Waals surface area contributed by atoms with E-state index in [-0.39, 0.29) is 23.0 Å². The first kappa shape index (κ1) is 21.8. The summed E-state index contributed by atoms with van der Waals surface area (Å²) in [5, 5.41) is 0. The number of hydrogen-bond donors (Lipinski definition) is 1. The number of hydrogen-bond acceptors (Lipinski definition) is 4. The molecule has 0 bridgehead atoms. The van der Waals surface area contributed by atoms with Gasteiger partial charge in [0, 0.05) is 37.6 Å². The Labute approximate surface area is 187 Å². The molecule has 0 saturated carbocycles. The lowest BCUT2D eigenvalue weighted by Gasteiger charge is -2.36. The van der Waals surface area contributed by atoms with Gasteiger partial charge in [0.1, 0.15) is 5.82 Å². The van der Waals surface area contributed by atoms with Crippen molar-refractivity contribution in [2.24, 2.45) is 0 Å². The number of anilines is 2. The van der Waals surface area contributed by atoms with Gasteiger partial charge in [0.05, 0.1) is 11.3 Å². The van der Waals surface area contributed by atoms with Gasteiger partial charge in [-0.15, -0.1) is 0 Å². The Morgan fingerprint density at radius 2 is 1.47 bits per heavy atom. The van der Waals surface area contributed by atoms with Gasteiger partial charge in [-0.05, 0) is 54.1 Å². The number of sulfonamides is 1. The molecule has 1 aliphatic heterocycles. The summed E-state index contributed by atoms with van der Waals surface area (Å²) in [7, 11) is -3.65. The third-order valence-electron chi connectivity index (χ3n) is 5.44. The number of piperazine rings is 1. The first-order valence-electron chi connectivity index (χ1n) is 10.4. The summed E-state index contributed by atoms with van der Waals surface area (Å²) in [5.41, 5.74) is 2.21. The molecule has 3 aromatic carbocycles. The second kappa shape index (κ2) is 9.40. The first-order chi connectivity index (χ1) is 15.4. The van der Waals surface area contributed by atoms with Crippen LogP contribution in [0.25, 0.3) is 0 Å². The van der Waals surface area contributed by atoms with Crippen molar-refractivity contribution in [2.45, 2.75) is 11.3 Å². The van der Waals surface area contributed by atoms with Crippen molar-refractivity contribution >= 4 is 27.3 Å². The molecule has 0 spiro atoms. The molecule has 0 atom stereocenters. The van der Waals surface area contributed by atoms with Gasteiger partial charge in [-0.3, -0.25) is 9.52 Å². The smallest absolute Gasteiger partial charge is 0.261 e. The second-order valence-corrected chi connectivity index (χ2v) is 9.32. The molecule has 0 radical (unpaired) electrons. The predicted octanol–water partition coefficient (Wildman–Crippen LogP) is 3.52. The lowest BCUT2D eigenvalue weighted by atomic mass is 10.1. The maximum Gasteiger partial charge on any atom is 0.261 e. The zero-order valence-electron chi connectivity index (χ0n) is 17.4. The Bertz CT molecular complexity index is 1160. The summed E-state index contributed by atoms with van der Waals surface area (Å²) in [4.78, 5) is 16.9. The van der Waals surface area contributed by atoms with Crippen LogP contribution in [0.3, 0.4) is 0 Å². The summed E-state index contributed by atoms with van der Waals surface area (Å²) < 4.78 is 40.5. The summed E-state index contributed by atoms with van der Waals surface area (Å²) in [6.07, 6.45) is 0.252. The van der Waals surface area contributed by atoms with E-state index in [1.54, 1.807) is 54.6 Å². The van der Waals surface area contributed by atoms with E-state index in [1.807, 2.05) is 4.90 Å². The van der Waals surface area contributed by atoms with Crippen LogP contribution in [0, 0.1) is 5.82 Å². The van der Waals surface area contributed by atoms with Gasteiger partial charge in [0.2, 0.25) is 5.91 Å². The Hall–Kier alpha value is -3.39. The van der Waals surface area contributed by atoms with Crippen LogP contribution in [0.15, 0.2) is 83.8 Å². The van der Waals surface area contributed by atoms with E-state index in [2.05, 4.69) is 9.62 Å². The molecule has 0 unspecified atom stereocenters. The van der Waals surface area contributed by atoms with Crippen LogP contribution in [0.5, 0.6) is 0 Å². The molecule has 6 nitrogen and oxygen atoms in total. The summed E-state index contributed by atoms with van der Waals surface area (Å²) >= 11 is 0. The topological polar surface area (TPSA) is 69.7 Å². The van der Waals surface area contributed by atoms with E-state index >= 15 is 0 Å². The second-order valence-electron chi connectivity index (χ2n) is 7.64. The maximum absolute atomic E-state index is 13.1. The first-order valence-corrected chi connectivity index (χ1v) is 11.8. The molecule has 4 rings (SSSR count). The number of carbonyl (C=O) groups excluding carboxylic acids is 1. The normalized spacial score (nSPS) is 14.3. The molecule has 3 aromatic rings. The van der Waals surface area contributed by atoms with Crippen molar-refractivity contribution in [1.29, 1.82) is 0 Å². The van der Waals surface area contributed by atoms with E-state index in [0.29, 0.717) is 31.9 Å². The van der Waals surface area contributed by atoms with Crippen molar-refractivity contribution < 1.29 is 17.6 Å². The molecule has 1 amide bonds. The third kappa shape index (κ3) is 5.26. The van der Waals surface area contributed by atoms with Gasteiger partial charge in [0.15, 0.2) is 0 Å². The Kier molecular flexibility index (Phi) is 6.41. The van der Waals surface area contributed by atoms with E-state index in [0.717, 1.165) is 11.3 Å². The molecule has 0 aliphatic carbocycles. The maximum atomic E-state index is 13.1. The molecule has 1 heterocycles. The molecule has 32 heavy (non-hydrogen) atoms. The minimum absolute atomic E-state index is 0.0290. The fourth-order valence-electron chi connectivity index (χ4n) is 3.66. The zero-order chi connectivity index (χ0) is 22.6. The summed E-state index contributed by atoms with van der Waals surface area (Å²) in [6.45, 7) is 2.59. The minimum Gasteiger partial charge on any atom is -0.368 e. The van der Waals surface area contributed by atoms with Crippen LogP contribution in [-0.4, -0.2) is 45.4 Å². The van der Waals surface area contributed by atoms with Gasteiger partial charge < -0.3 is 9.80 Å². The fraction of sp³-hybridized carbons (Fsp3) is 0.208. The van der Waals surface area contributed by atoms with Crippen LogP contribution < -0.4 is 9.62 Å². The number of rotatable bonds is 6. The number of nitrogens with one attached hydrogen (secondary N) is 1. The van der Waals surface area contributed by atoms with Gasteiger partial charge in [-0.25, -0.2) is 12.8 Å². The van der Waals surface area contributed by atoms with Crippen LogP contribution in [0.1, 0.15) is 5.56 Å². The molecule has 1 fully saturated rings. The summed E-state index contributed by atoms with van der Waals surface area (Å²) in [6, 6.07) is 21.4. The molecule has 1 saturated heterocycles. The van der Waals surface area contributed by atoms with Crippen molar-refractivity contribution in [3.8, 4) is 0 Å². The number of carbonyl (C=O) groups is 1. The quantitative estimate of drug-likeness (QED) is 0.620. The highest BCUT2D eigenvalue weighted by molar-refractivity contribution is 7.92. The molecule has 166 valence electrons. The van der Waals surface area contributed by atoms with Crippen LogP contribution in [-0.2, 0) is 21.2 Å². The zero-order valence-corrected chi connectivity index (χ0v) is 18.3. The van der Waals surface area contributed by atoms with Crippen LogP contribution >= 0.6 is 0 Å². The largest absolute Gasteiger partial charge is 0.368 e. The van der Waals surface area contributed by atoms with E-state index in [4.69, 9.17) is 0 Å². The summed E-state index contributed by atoms with van der Waals surface area (Å²) in [5.74, 6) is -0.234. The van der Waals surface area contributed by atoms with Crippen molar-refractivity contribution in [3.63, 3.8) is 0 Å². The Morgan fingerprint density at radius 3 is 2.09 bits per heavy atom. The average molecular weight is 454 g/mol. The standard InChI is InChI=1S/C24H24FN3O3S/c25-20-8-12-22(13-9-20)27-14-16-28(17-15-27)24(29)18-19-6-10-21(11-7-19)26-32(30,31)23-4-2-1-3-5-23/h1-13,26H,14-18H2. The average Bonchev–Trinajstić information content (AvgIpc) is 2.81. The molecular weight excluding hydrogens is 429 g/mol. The number of halogens is 1. The van der Waals surface area contributed by atoms with Gasteiger partial charge in [-0.2, -0.15) is 0 Å². The SMILES string of the molecule is O=C(Cc1ccc(NS(=O)(=O)c2ccccc2)cc1)N1CCN(c2ccc(F)cc2)CC1. The third-order valence-corrected chi connectivity index (χ3v) is 6.84. The number of benzene rings is 3. The van der Waals surface area contributed by atoms with Gasteiger partial charge in [0.25, 0.3) is 10.0 Å². The number of nitrogens with zero attached hydrogens (tertiary/aromatic N) is 2. The molecule has 8 heteroatoms. The van der Waals surface area contributed by atoms with E-state index < -0.39 is 10.0 Å². The minimum atomic E-state index is -3.65. The van der Waals surface area contributed by atoms with Crippen LogP contribution in [0.2, 0.25) is 0 Å². The highest BCUT2D eigenvalue weighted by Gasteiger charge is 2.21. The van der Waals surface area contributed by atoms with Crippen LogP contribution in [0.4, 0.5) is 15.8 Å². The predicted molar refractivity (Wildman–Crippen MR) is 123 cm³/mol. The monoisotopic (exact) mass is 453 g/mol. The number of amides is 1. The van der Waals surface area contributed by atoms with Gasteiger partial charge in [-0.1, -0.05) is 30.3 Å². The van der Waals surface area contributed by atoms with Crippen molar-refractivity contribution in [2.75, 3.05) is 35.8 Å². The molecule has 0 aromatic heterocycles.